The Balaban J connectivity index is 1.76. The average Bonchev–Trinajstić information content (AvgIpc) is 3.11. The molecule has 6 nitrogen and oxygen atoms in total. The van der Waals surface area contributed by atoms with Crippen molar-refractivity contribution in [2.45, 2.75) is 89.1 Å². The summed E-state index contributed by atoms with van der Waals surface area (Å²) in [4.78, 5) is 0. The summed E-state index contributed by atoms with van der Waals surface area (Å²) in [7, 11) is -0.309. The second-order valence-electron chi connectivity index (χ2n) is 9.99. The molecule has 0 radical (unpaired) electrons. The van der Waals surface area contributed by atoms with Crippen molar-refractivity contribution in [3.05, 3.63) is 29.8 Å². The lowest BCUT2D eigenvalue weighted by Crippen LogP contribution is -2.44. The van der Waals surface area contributed by atoms with Crippen LogP contribution >= 0.6 is 0 Å². The molecule has 1 aromatic rings. The highest BCUT2D eigenvalue weighted by Crippen LogP contribution is 2.44. The van der Waals surface area contributed by atoms with Crippen LogP contribution in [0.3, 0.4) is 0 Å². The lowest BCUT2D eigenvalue weighted by molar-refractivity contribution is -0.200. The van der Waals surface area contributed by atoms with E-state index < -0.39 is 26.3 Å². The Morgan fingerprint density at radius 2 is 1.69 bits per heavy atom. The molecule has 3 rings (SSSR count). The van der Waals surface area contributed by atoms with Crippen LogP contribution in [0.5, 0.6) is 5.75 Å². The summed E-state index contributed by atoms with van der Waals surface area (Å²) < 4.78 is 30.1. The van der Waals surface area contributed by atoms with Crippen molar-refractivity contribution >= 4 is 8.32 Å². The van der Waals surface area contributed by atoms with Crippen molar-refractivity contribution in [1.82, 2.24) is 0 Å². The van der Waals surface area contributed by atoms with Crippen molar-refractivity contribution in [3.63, 3.8) is 0 Å². The molecule has 0 bridgehead atoms. The Hall–Kier alpha value is -0.963. The molecule has 2 heterocycles. The van der Waals surface area contributed by atoms with Gasteiger partial charge in [-0.25, -0.2) is 0 Å². The highest BCUT2D eigenvalue weighted by atomic mass is 28.4. The number of methoxy groups -OCH3 is 1. The fourth-order valence-corrected chi connectivity index (χ4v) is 4.62. The zero-order chi connectivity index (χ0) is 21.6. The summed E-state index contributed by atoms with van der Waals surface area (Å²) in [6, 6.07) is 7.36. The van der Waals surface area contributed by atoms with Gasteiger partial charge in [0.1, 0.15) is 36.3 Å². The van der Waals surface area contributed by atoms with Crippen LogP contribution in [0, 0.1) is 0 Å². The van der Waals surface area contributed by atoms with Gasteiger partial charge in [0.15, 0.2) is 14.1 Å². The Morgan fingerprint density at radius 1 is 1.10 bits per heavy atom. The third kappa shape index (κ3) is 4.70. The van der Waals surface area contributed by atoms with Crippen LogP contribution in [0.2, 0.25) is 18.1 Å². The molecule has 1 aromatic carbocycles. The van der Waals surface area contributed by atoms with Gasteiger partial charge in [0.25, 0.3) is 0 Å². The predicted octanol–water partition coefficient (Wildman–Crippen LogP) is 4.04. The van der Waals surface area contributed by atoms with Gasteiger partial charge in [-0.05, 0) is 49.7 Å². The Bertz CT molecular complexity index is 696. The molecule has 0 spiro atoms. The van der Waals surface area contributed by atoms with Gasteiger partial charge >= 0.3 is 0 Å². The first kappa shape index (κ1) is 22.7. The molecule has 164 valence electrons. The SMILES string of the molecule is COc1ccc([C@@H](O)[C@H]2O[C@H](CO[Si](C)(C)C(C)(C)C)[C@H]3OC(C)(C)O[C@@H]23)cc1. The van der Waals surface area contributed by atoms with E-state index in [0.717, 1.165) is 11.3 Å². The second kappa shape index (κ2) is 7.94. The van der Waals surface area contributed by atoms with Gasteiger partial charge in [0.05, 0.1) is 13.7 Å². The molecule has 0 aliphatic carbocycles. The van der Waals surface area contributed by atoms with Crippen molar-refractivity contribution in [1.29, 1.82) is 0 Å². The monoisotopic (exact) mass is 424 g/mol. The van der Waals surface area contributed by atoms with Gasteiger partial charge in [-0.3, -0.25) is 0 Å². The van der Waals surface area contributed by atoms with E-state index in [9.17, 15) is 5.11 Å². The summed E-state index contributed by atoms with van der Waals surface area (Å²) >= 11 is 0. The second-order valence-corrected chi connectivity index (χ2v) is 14.8. The third-order valence-corrected chi connectivity index (χ3v) is 10.9. The normalized spacial score (nSPS) is 30.2. The van der Waals surface area contributed by atoms with Crippen molar-refractivity contribution in [2.24, 2.45) is 0 Å². The van der Waals surface area contributed by atoms with Gasteiger partial charge in [0, 0.05) is 0 Å². The van der Waals surface area contributed by atoms with E-state index in [2.05, 4.69) is 33.9 Å². The van der Waals surface area contributed by atoms with Crippen molar-refractivity contribution in [3.8, 4) is 5.75 Å². The van der Waals surface area contributed by atoms with E-state index in [1.54, 1.807) is 7.11 Å². The predicted molar refractivity (Wildman–Crippen MR) is 114 cm³/mol. The molecule has 2 fully saturated rings. The minimum atomic E-state index is -1.93. The molecular weight excluding hydrogens is 388 g/mol. The topological polar surface area (TPSA) is 66.4 Å². The number of fused-ring (bicyclic) bond motifs is 1. The van der Waals surface area contributed by atoms with E-state index in [0.29, 0.717) is 6.61 Å². The quantitative estimate of drug-likeness (QED) is 0.695. The summed E-state index contributed by atoms with van der Waals surface area (Å²) in [5.41, 5.74) is 0.758. The molecular formula is C22H36O6Si. The molecule has 5 atom stereocenters. The number of hydrogen-bond acceptors (Lipinski definition) is 6. The van der Waals surface area contributed by atoms with Crippen LogP contribution in [0.1, 0.15) is 46.3 Å². The number of hydrogen-bond donors (Lipinski definition) is 1. The molecule has 29 heavy (non-hydrogen) atoms. The largest absolute Gasteiger partial charge is 0.497 e. The number of benzene rings is 1. The zero-order valence-corrected chi connectivity index (χ0v) is 19.9. The molecule has 0 aromatic heterocycles. The maximum absolute atomic E-state index is 11.0. The lowest BCUT2D eigenvalue weighted by atomic mass is 9.98. The molecule has 7 heteroatoms. The van der Waals surface area contributed by atoms with Crippen LogP contribution in [0.4, 0.5) is 0 Å². The fraction of sp³-hybridized carbons (Fsp3) is 0.727. The Kier molecular flexibility index (Phi) is 6.22. The minimum absolute atomic E-state index is 0.110. The molecule has 0 saturated carbocycles. The summed E-state index contributed by atoms with van der Waals surface area (Å²) in [6.45, 7) is 15.3. The summed E-state index contributed by atoms with van der Waals surface area (Å²) in [5, 5.41) is 11.2. The van der Waals surface area contributed by atoms with Crippen molar-refractivity contribution < 1.29 is 28.5 Å². The molecule has 2 aliphatic heterocycles. The number of aliphatic hydroxyl groups is 1. The van der Waals surface area contributed by atoms with E-state index in [4.69, 9.17) is 23.4 Å². The van der Waals surface area contributed by atoms with E-state index in [1.165, 1.54) is 0 Å². The van der Waals surface area contributed by atoms with Crippen LogP contribution in [-0.4, -0.2) is 57.3 Å². The standard InChI is InChI=1S/C22H36O6Si/c1-21(2,3)29(7,8)25-13-16-18-20(28-22(4,5)27-18)19(26-16)17(23)14-9-11-15(24-6)12-10-14/h9-12,16-20,23H,13H2,1-8H3/t16-,17-,18-,19-,20-/m1/s1. The van der Waals surface area contributed by atoms with E-state index in [-0.39, 0.29) is 23.4 Å². The minimum Gasteiger partial charge on any atom is -0.497 e. The Labute approximate surface area is 175 Å². The maximum Gasteiger partial charge on any atom is 0.192 e. The maximum atomic E-state index is 11.0. The van der Waals surface area contributed by atoms with E-state index >= 15 is 0 Å². The smallest absolute Gasteiger partial charge is 0.192 e. The molecule has 1 N–H and O–H groups in total. The van der Waals surface area contributed by atoms with Crippen LogP contribution < -0.4 is 4.74 Å². The first-order chi connectivity index (χ1) is 13.3. The van der Waals surface area contributed by atoms with E-state index in [1.807, 2.05) is 38.1 Å². The molecule has 0 amide bonds. The van der Waals surface area contributed by atoms with Crippen LogP contribution in [0.15, 0.2) is 24.3 Å². The first-order valence-corrected chi connectivity index (χ1v) is 13.2. The van der Waals surface area contributed by atoms with Crippen molar-refractivity contribution in [2.75, 3.05) is 13.7 Å². The van der Waals surface area contributed by atoms with Crippen LogP contribution in [-0.2, 0) is 18.6 Å². The Morgan fingerprint density at radius 3 is 2.24 bits per heavy atom. The summed E-state index contributed by atoms with van der Waals surface area (Å²) in [5.74, 6) is 0.0278. The number of rotatable bonds is 6. The third-order valence-electron chi connectivity index (χ3n) is 6.37. The first-order valence-electron chi connectivity index (χ1n) is 10.3. The van der Waals surface area contributed by atoms with Gasteiger partial charge in [-0.2, -0.15) is 0 Å². The van der Waals surface area contributed by atoms with Gasteiger partial charge in [0.2, 0.25) is 0 Å². The highest BCUT2D eigenvalue weighted by Gasteiger charge is 2.57. The van der Waals surface area contributed by atoms with Gasteiger partial charge in [-0.15, -0.1) is 0 Å². The highest BCUT2D eigenvalue weighted by molar-refractivity contribution is 6.74. The molecule has 0 unspecified atom stereocenters. The zero-order valence-electron chi connectivity index (χ0n) is 18.9. The average molecular weight is 425 g/mol. The van der Waals surface area contributed by atoms with Crippen LogP contribution in [0.25, 0.3) is 0 Å². The molecule has 2 aliphatic rings. The number of aliphatic hydroxyl groups excluding tert-OH is 1. The fourth-order valence-electron chi connectivity index (χ4n) is 3.60. The van der Waals surface area contributed by atoms with Gasteiger partial charge in [-0.1, -0.05) is 32.9 Å². The van der Waals surface area contributed by atoms with Gasteiger partial charge < -0.3 is 28.5 Å². The molecule has 2 saturated heterocycles. The number of ether oxygens (including phenoxy) is 4. The lowest BCUT2D eigenvalue weighted by Gasteiger charge is -2.37. The summed E-state index contributed by atoms with van der Waals surface area (Å²) in [6.07, 6.45) is -2.26.